The molecule has 2 aromatic rings. The number of anilines is 2. The van der Waals surface area contributed by atoms with Gasteiger partial charge in [0.15, 0.2) is 0 Å². The number of benzene rings is 2. The molecule has 0 aromatic heterocycles. The van der Waals surface area contributed by atoms with E-state index in [2.05, 4.69) is 20.8 Å². The highest BCUT2D eigenvalue weighted by molar-refractivity contribution is 9.10. The molecule has 0 spiro atoms. The Balaban J connectivity index is 1.76. The quantitative estimate of drug-likeness (QED) is 0.783. The van der Waals surface area contributed by atoms with Gasteiger partial charge in [-0.1, -0.05) is 28.1 Å². The van der Waals surface area contributed by atoms with Gasteiger partial charge in [0.1, 0.15) is 18.0 Å². The molecular weight excluding hydrogens is 344 g/mol. The summed E-state index contributed by atoms with van der Waals surface area (Å²) >= 11 is 3.43. The first-order valence-electron chi connectivity index (χ1n) is 7.32. The van der Waals surface area contributed by atoms with E-state index in [4.69, 9.17) is 4.74 Å². The van der Waals surface area contributed by atoms with E-state index in [-0.39, 0.29) is 5.91 Å². The van der Waals surface area contributed by atoms with E-state index in [1.165, 1.54) is 0 Å². The molecule has 1 amide bonds. The van der Waals surface area contributed by atoms with Crippen molar-refractivity contribution in [3.05, 3.63) is 52.5 Å². The van der Waals surface area contributed by atoms with Crippen LogP contribution in [0.1, 0.15) is 10.4 Å². The molecule has 0 saturated heterocycles. The Labute approximate surface area is 137 Å². The van der Waals surface area contributed by atoms with E-state index in [1.807, 2.05) is 47.4 Å². The van der Waals surface area contributed by atoms with Crippen LogP contribution < -0.4 is 14.5 Å². The number of para-hydroxylation sites is 1. The SMILES string of the molecule is O=C(c1cccc(Br)c1)N1CCN2CCOc3cccc1c32. The highest BCUT2D eigenvalue weighted by Crippen LogP contribution is 2.43. The van der Waals surface area contributed by atoms with E-state index in [0.29, 0.717) is 18.7 Å². The third-order valence-electron chi connectivity index (χ3n) is 4.11. The lowest BCUT2D eigenvalue weighted by Crippen LogP contribution is -2.47. The minimum absolute atomic E-state index is 0.0277. The second kappa shape index (κ2) is 5.32. The van der Waals surface area contributed by atoms with Crippen LogP contribution in [0.4, 0.5) is 11.4 Å². The highest BCUT2D eigenvalue weighted by atomic mass is 79.9. The lowest BCUT2D eigenvalue weighted by atomic mass is 10.1. The topological polar surface area (TPSA) is 32.8 Å². The molecule has 2 aliphatic rings. The molecule has 112 valence electrons. The Morgan fingerprint density at radius 1 is 1.09 bits per heavy atom. The van der Waals surface area contributed by atoms with Crippen LogP contribution >= 0.6 is 15.9 Å². The van der Waals surface area contributed by atoms with Crippen molar-refractivity contribution in [3.8, 4) is 5.75 Å². The third-order valence-corrected chi connectivity index (χ3v) is 4.61. The molecule has 0 aliphatic carbocycles. The minimum atomic E-state index is 0.0277. The van der Waals surface area contributed by atoms with Gasteiger partial charge < -0.3 is 14.5 Å². The fourth-order valence-electron chi connectivity index (χ4n) is 3.09. The van der Waals surface area contributed by atoms with Gasteiger partial charge in [0.2, 0.25) is 0 Å². The first-order valence-corrected chi connectivity index (χ1v) is 8.11. The average molecular weight is 359 g/mol. The second-order valence-electron chi connectivity index (χ2n) is 5.43. The van der Waals surface area contributed by atoms with Crippen molar-refractivity contribution in [2.45, 2.75) is 0 Å². The van der Waals surface area contributed by atoms with Crippen LogP contribution in [0.2, 0.25) is 0 Å². The van der Waals surface area contributed by atoms with Crippen LogP contribution in [0.3, 0.4) is 0 Å². The Morgan fingerprint density at radius 3 is 2.82 bits per heavy atom. The van der Waals surface area contributed by atoms with Crippen molar-refractivity contribution in [3.63, 3.8) is 0 Å². The van der Waals surface area contributed by atoms with Gasteiger partial charge in [0.25, 0.3) is 5.91 Å². The maximum atomic E-state index is 12.9. The normalized spacial score (nSPS) is 16.0. The van der Waals surface area contributed by atoms with Crippen LogP contribution in [0.5, 0.6) is 5.75 Å². The number of nitrogens with zero attached hydrogens (tertiary/aromatic N) is 2. The largest absolute Gasteiger partial charge is 0.489 e. The van der Waals surface area contributed by atoms with Gasteiger partial charge in [-0.25, -0.2) is 0 Å². The number of rotatable bonds is 1. The summed E-state index contributed by atoms with van der Waals surface area (Å²) in [6, 6.07) is 13.4. The fourth-order valence-corrected chi connectivity index (χ4v) is 3.49. The van der Waals surface area contributed by atoms with Crippen molar-refractivity contribution in [2.75, 3.05) is 36.0 Å². The fraction of sp³-hybridized carbons (Fsp3) is 0.235. The van der Waals surface area contributed by atoms with Gasteiger partial charge in [0, 0.05) is 23.1 Å². The van der Waals surface area contributed by atoms with Gasteiger partial charge in [0.05, 0.1) is 12.2 Å². The molecule has 4 rings (SSSR count). The van der Waals surface area contributed by atoms with Gasteiger partial charge in [-0.3, -0.25) is 4.79 Å². The van der Waals surface area contributed by atoms with Gasteiger partial charge in [-0.2, -0.15) is 0 Å². The molecule has 0 unspecified atom stereocenters. The summed E-state index contributed by atoms with van der Waals surface area (Å²) in [4.78, 5) is 17.0. The molecule has 2 heterocycles. The summed E-state index contributed by atoms with van der Waals surface area (Å²) in [6.07, 6.45) is 0. The molecule has 0 N–H and O–H groups in total. The zero-order valence-electron chi connectivity index (χ0n) is 12.0. The van der Waals surface area contributed by atoms with Crippen LogP contribution in [0.15, 0.2) is 46.9 Å². The number of amides is 1. The first kappa shape index (κ1) is 13.6. The van der Waals surface area contributed by atoms with Crippen LogP contribution in [-0.2, 0) is 0 Å². The Bertz CT molecular complexity index is 747. The van der Waals surface area contributed by atoms with Crippen LogP contribution in [0.25, 0.3) is 0 Å². The molecule has 2 aromatic carbocycles. The molecule has 4 nitrogen and oxygen atoms in total. The van der Waals surface area contributed by atoms with Crippen molar-refractivity contribution < 1.29 is 9.53 Å². The molecule has 5 heteroatoms. The molecule has 2 aliphatic heterocycles. The smallest absolute Gasteiger partial charge is 0.258 e. The predicted octanol–water partition coefficient (Wildman–Crippen LogP) is 3.31. The molecule has 0 radical (unpaired) electrons. The molecule has 0 fully saturated rings. The van der Waals surface area contributed by atoms with E-state index in [0.717, 1.165) is 34.7 Å². The molecule has 0 atom stereocenters. The summed E-state index contributed by atoms with van der Waals surface area (Å²) < 4.78 is 6.65. The van der Waals surface area contributed by atoms with Crippen molar-refractivity contribution in [1.82, 2.24) is 0 Å². The Morgan fingerprint density at radius 2 is 1.95 bits per heavy atom. The van der Waals surface area contributed by atoms with Gasteiger partial charge in [-0.05, 0) is 30.3 Å². The number of hydrogen-bond donors (Lipinski definition) is 0. The summed E-state index contributed by atoms with van der Waals surface area (Å²) in [5, 5.41) is 0. The standard InChI is InChI=1S/C17H15BrN2O2/c18-13-4-1-3-12(11-13)17(21)20-8-7-19-9-10-22-15-6-2-5-14(20)16(15)19/h1-6,11H,7-10H2. The van der Waals surface area contributed by atoms with Crippen LogP contribution in [-0.4, -0.2) is 32.1 Å². The number of ether oxygens (including phenoxy) is 1. The minimum Gasteiger partial charge on any atom is -0.489 e. The van der Waals surface area contributed by atoms with Gasteiger partial charge >= 0.3 is 0 Å². The number of halogens is 1. The van der Waals surface area contributed by atoms with E-state index in [9.17, 15) is 4.79 Å². The number of hydrogen-bond acceptors (Lipinski definition) is 3. The molecule has 22 heavy (non-hydrogen) atoms. The average Bonchev–Trinajstić information content (AvgIpc) is 2.55. The van der Waals surface area contributed by atoms with Crippen molar-refractivity contribution in [2.24, 2.45) is 0 Å². The maximum Gasteiger partial charge on any atom is 0.258 e. The second-order valence-corrected chi connectivity index (χ2v) is 6.34. The molecular formula is C17H15BrN2O2. The maximum absolute atomic E-state index is 12.9. The predicted molar refractivity (Wildman–Crippen MR) is 90.0 cm³/mol. The zero-order valence-corrected chi connectivity index (χ0v) is 13.5. The van der Waals surface area contributed by atoms with Crippen LogP contribution in [0, 0.1) is 0 Å². The van der Waals surface area contributed by atoms with Crippen molar-refractivity contribution >= 4 is 33.2 Å². The summed E-state index contributed by atoms with van der Waals surface area (Å²) in [7, 11) is 0. The van der Waals surface area contributed by atoms with E-state index < -0.39 is 0 Å². The molecule has 0 bridgehead atoms. The summed E-state index contributed by atoms with van der Waals surface area (Å²) in [5.74, 6) is 0.899. The molecule has 0 saturated carbocycles. The zero-order chi connectivity index (χ0) is 15.1. The van der Waals surface area contributed by atoms with E-state index >= 15 is 0 Å². The lowest BCUT2D eigenvalue weighted by Gasteiger charge is -2.41. The summed E-state index contributed by atoms with van der Waals surface area (Å²) in [5.41, 5.74) is 2.67. The van der Waals surface area contributed by atoms with Crippen molar-refractivity contribution in [1.29, 1.82) is 0 Å². The van der Waals surface area contributed by atoms with E-state index in [1.54, 1.807) is 0 Å². The number of carbonyl (C=O) groups is 1. The summed E-state index contributed by atoms with van der Waals surface area (Å²) in [6.45, 7) is 3.12. The van der Waals surface area contributed by atoms with Gasteiger partial charge in [-0.15, -0.1) is 0 Å². The third kappa shape index (κ3) is 2.16. The monoisotopic (exact) mass is 358 g/mol. The first-order chi connectivity index (χ1) is 10.7. The Hall–Kier alpha value is -2.01. The number of carbonyl (C=O) groups excluding carboxylic acids is 1. The Kier molecular flexibility index (Phi) is 3.30. The highest BCUT2D eigenvalue weighted by Gasteiger charge is 2.31. The lowest BCUT2D eigenvalue weighted by molar-refractivity contribution is 0.0986.